The molecule has 0 spiro atoms. The summed E-state index contributed by atoms with van der Waals surface area (Å²) in [5, 5.41) is 11.0. The van der Waals surface area contributed by atoms with Crippen LogP contribution < -0.4 is 16.0 Å². The fourth-order valence-corrected chi connectivity index (χ4v) is 5.88. The number of rotatable bonds is 10. The summed E-state index contributed by atoms with van der Waals surface area (Å²) in [5.41, 5.74) is 3.36. The molecule has 0 fully saturated rings. The van der Waals surface area contributed by atoms with Gasteiger partial charge in [0, 0.05) is 32.1 Å². The number of nitrogens with one attached hydrogen (secondary N) is 3. The molecule has 220 valence electrons. The summed E-state index contributed by atoms with van der Waals surface area (Å²) in [6.45, 7) is 1.81. The fraction of sp³-hybridized carbons (Fsp3) is 0.0588. The smallest absolute Gasteiger partial charge is 0.272 e. The molecule has 1 atom stereocenters. The topological polar surface area (TPSA) is 100 Å². The van der Waals surface area contributed by atoms with Crippen molar-refractivity contribution in [3.63, 3.8) is 0 Å². The van der Waals surface area contributed by atoms with E-state index in [-0.39, 0.29) is 17.5 Å². The lowest BCUT2D eigenvalue weighted by Gasteiger charge is -2.13. The number of hydrogen-bond acceptors (Lipinski definition) is 6. The SMILES string of the molecule is CC(Sc1ccc(NC(=O)/C(=C/c2ccccc2)NC(=O)c2ccccc2)cc1)C(=O)Nc1nc(-c2ccccc2Cl)cs1. The van der Waals surface area contributed by atoms with Gasteiger partial charge in [0.25, 0.3) is 11.8 Å². The molecule has 4 aromatic carbocycles. The van der Waals surface area contributed by atoms with Gasteiger partial charge in [-0.25, -0.2) is 4.98 Å². The van der Waals surface area contributed by atoms with Crippen LogP contribution in [0, 0.1) is 0 Å². The summed E-state index contributed by atoms with van der Waals surface area (Å²) in [6, 6.07) is 32.6. The van der Waals surface area contributed by atoms with Crippen molar-refractivity contribution in [2.45, 2.75) is 17.1 Å². The van der Waals surface area contributed by atoms with E-state index >= 15 is 0 Å². The number of carbonyl (C=O) groups is 3. The number of thiazole rings is 1. The maximum Gasteiger partial charge on any atom is 0.272 e. The van der Waals surface area contributed by atoms with Gasteiger partial charge in [0.15, 0.2) is 5.13 Å². The van der Waals surface area contributed by atoms with Crippen LogP contribution in [-0.2, 0) is 9.59 Å². The second-order valence-electron chi connectivity index (χ2n) is 9.53. The highest BCUT2D eigenvalue weighted by molar-refractivity contribution is 8.00. The van der Waals surface area contributed by atoms with E-state index < -0.39 is 11.2 Å². The summed E-state index contributed by atoms with van der Waals surface area (Å²) in [4.78, 5) is 44.3. The van der Waals surface area contributed by atoms with Crippen LogP contribution in [0.5, 0.6) is 0 Å². The Hall–Kier alpha value is -4.70. The predicted molar refractivity (Wildman–Crippen MR) is 180 cm³/mol. The molecule has 0 aliphatic heterocycles. The minimum atomic E-state index is -0.467. The maximum atomic E-state index is 13.3. The Labute approximate surface area is 268 Å². The summed E-state index contributed by atoms with van der Waals surface area (Å²) in [6.07, 6.45) is 1.63. The minimum Gasteiger partial charge on any atom is -0.321 e. The van der Waals surface area contributed by atoms with E-state index in [4.69, 9.17) is 11.6 Å². The highest BCUT2D eigenvalue weighted by atomic mass is 35.5. The molecule has 0 saturated heterocycles. The predicted octanol–water partition coefficient (Wildman–Crippen LogP) is 7.99. The molecule has 0 aliphatic carbocycles. The van der Waals surface area contributed by atoms with Crippen LogP contribution >= 0.6 is 34.7 Å². The quantitative estimate of drug-likeness (QED) is 0.106. The number of anilines is 2. The van der Waals surface area contributed by atoms with Crippen LogP contribution in [-0.4, -0.2) is 28.0 Å². The number of nitrogens with zero attached hydrogens (tertiary/aromatic N) is 1. The molecule has 0 saturated carbocycles. The van der Waals surface area contributed by atoms with Crippen molar-refractivity contribution in [1.82, 2.24) is 10.3 Å². The number of thioether (sulfide) groups is 1. The first-order valence-electron chi connectivity index (χ1n) is 13.6. The number of amides is 3. The van der Waals surface area contributed by atoms with Crippen molar-refractivity contribution in [3.8, 4) is 11.3 Å². The molecule has 1 aromatic heterocycles. The lowest BCUT2D eigenvalue weighted by molar-refractivity contribution is -0.115. The average Bonchev–Trinajstić information content (AvgIpc) is 3.50. The first kappa shape index (κ1) is 30.7. The molecule has 7 nitrogen and oxygen atoms in total. The zero-order valence-corrected chi connectivity index (χ0v) is 25.9. The van der Waals surface area contributed by atoms with Gasteiger partial charge in [-0.1, -0.05) is 78.3 Å². The van der Waals surface area contributed by atoms with Crippen molar-refractivity contribution in [2.75, 3.05) is 10.6 Å². The molecule has 1 unspecified atom stereocenters. The molecule has 5 aromatic rings. The lowest BCUT2D eigenvalue weighted by atomic mass is 10.1. The Kier molecular flexibility index (Phi) is 10.2. The third-order valence-electron chi connectivity index (χ3n) is 6.32. The molecule has 44 heavy (non-hydrogen) atoms. The van der Waals surface area contributed by atoms with Gasteiger partial charge in [0.2, 0.25) is 5.91 Å². The molecular formula is C34H27ClN4O3S2. The van der Waals surface area contributed by atoms with E-state index in [9.17, 15) is 14.4 Å². The van der Waals surface area contributed by atoms with Crippen LogP contribution in [0.15, 0.2) is 125 Å². The first-order chi connectivity index (χ1) is 21.4. The van der Waals surface area contributed by atoms with Crippen LogP contribution in [0.4, 0.5) is 10.8 Å². The van der Waals surface area contributed by atoms with E-state index in [1.165, 1.54) is 23.1 Å². The van der Waals surface area contributed by atoms with Gasteiger partial charge in [0.05, 0.1) is 10.9 Å². The van der Waals surface area contributed by atoms with Crippen LogP contribution in [0.25, 0.3) is 17.3 Å². The Morgan fingerprint density at radius 2 is 1.50 bits per heavy atom. The third-order valence-corrected chi connectivity index (χ3v) is 8.52. The molecule has 10 heteroatoms. The number of aromatic nitrogens is 1. The highest BCUT2D eigenvalue weighted by Gasteiger charge is 2.18. The van der Waals surface area contributed by atoms with Crippen LogP contribution in [0.1, 0.15) is 22.8 Å². The largest absolute Gasteiger partial charge is 0.321 e. The van der Waals surface area contributed by atoms with Gasteiger partial charge < -0.3 is 16.0 Å². The van der Waals surface area contributed by atoms with Crippen molar-refractivity contribution in [3.05, 3.63) is 136 Å². The Bertz CT molecular complexity index is 1790. The second kappa shape index (κ2) is 14.7. The lowest BCUT2D eigenvalue weighted by Crippen LogP contribution is -2.30. The summed E-state index contributed by atoms with van der Waals surface area (Å²) < 4.78 is 0. The van der Waals surface area contributed by atoms with Crippen molar-refractivity contribution in [2.24, 2.45) is 0 Å². The molecule has 5 rings (SSSR count). The van der Waals surface area contributed by atoms with Gasteiger partial charge in [-0.15, -0.1) is 23.1 Å². The van der Waals surface area contributed by atoms with Crippen molar-refractivity contribution >= 4 is 69.3 Å². The first-order valence-corrected chi connectivity index (χ1v) is 15.7. The molecule has 0 aliphatic rings. The number of hydrogen-bond donors (Lipinski definition) is 3. The standard InChI is InChI=1S/C34H27ClN4O3S2/c1-22(31(40)39-34-38-30(21-43-34)27-14-8-9-15-28(27)35)44-26-18-16-25(17-19-26)36-33(42)29(20-23-10-4-2-5-11-23)37-32(41)24-12-6-3-7-13-24/h2-22H,1H3,(H,36,42)(H,37,41)(H,38,39,40)/b29-20-. The van der Waals surface area contributed by atoms with E-state index in [2.05, 4.69) is 20.9 Å². The van der Waals surface area contributed by atoms with E-state index in [0.29, 0.717) is 27.1 Å². The zero-order valence-electron chi connectivity index (χ0n) is 23.5. The van der Waals surface area contributed by atoms with Crippen molar-refractivity contribution in [1.29, 1.82) is 0 Å². The van der Waals surface area contributed by atoms with E-state index in [1.807, 2.05) is 79.0 Å². The van der Waals surface area contributed by atoms with Crippen molar-refractivity contribution < 1.29 is 14.4 Å². The maximum absolute atomic E-state index is 13.3. The van der Waals surface area contributed by atoms with Gasteiger partial charge >= 0.3 is 0 Å². The van der Waals surface area contributed by atoms with Gasteiger partial charge in [-0.05, 0) is 61.0 Å². The zero-order chi connectivity index (χ0) is 30.9. The summed E-state index contributed by atoms with van der Waals surface area (Å²) >= 11 is 8.99. The number of carbonyl (C=O) groups excluding carboxylic acids is 3. The molecule has 3 N–H and O–H groups in total. The fourth-order valence-electron chi connectivity index (χ4n) is 4.06. The van der Waals surface area contributed by atoms with Gasteiger partial charge in [-0.2, -0.15) is 0 Å². The minimum absolute atomic E-state index is 0.105. The Morgan fingerprint density at radius 3 is 2.20 bits per heavy atom. The third kappa shape index (κ3) is 8.23. The molecule has 3 amide bonds. The van der Waals surface area contributed by atoms with E-state index in [1.54, 1.807) is 48.5 Å². The van der Waals surface area contributed by atoms with Crippen LogP contribution in [0.2, 0.25) is 5.02 Å². The second-order valence-corrected chi connectivity index (χ2v) is 12.2. The normalized spacial score (nSPS) is 11.8. The summed E-state index contributed by atoms with van der Waals surface area (Å²) in [7, 11) is 0. The van der Waals surface area contributed by atoms with Gasteiger partial charge in [-0.3, -0.25) is 14.4 Å². The monoisotopic (exact) mass is 638 g/mol. The summed E-state index contributed by atoms with van der Waals surface area (Å²) in [5.74, 6) is -1.04. The van der Waals surface area contributed by atoms with Crippen LogP contribution in [0.3, 0.4) is 0 Å². The number of halogens is 1. The Morgan fingerprint density at radius 1 is 0.841 bits per heavy atom. The molecule has 0 radical (unpaired) electrons. The molecular weight excluding hydrogens is 612 g/mol. The highest BCUT2D eigenvalue weighted by Crippen LogP contribution is 2.31. The van der Waals surface area contributed by atoms with E-state index in [0.717, 1.165) is 16.0 Å². The Balaban J connectivity index is 1.20. The molecule has 1 heterocycles. The van der Waals surface area contributed by atoms with Gasteiger partial charge in [0.1, 0.15) is 5.70 Å². The number of benzene rings is 4. The average molecular weight is 639 g/mol. The molecule has 0 bridgehead atoms.